The van der Waals surface area contributed by atoms with E-state index < -0.39 is 0 Å². The average molecular weight is 421 g/mol. The van der Waals surface area contributed by atoms with Crippen LogP contribution in [-0.4, -0.2) is 40.1 Å². The molecule has 0 amide bonds. The number of rotatable bonds is 5. The second-order valence-corrected chi connectivity index (χ2v) is 8.08. The second-order valence-electron chi connectivity index (χ2n) is 7.17. The van der Waals surface area contributed by atoms with Crippen molar-refractivity contribution in [3.63, 3.8) is 0 Å². The molecule has 0 spiro atoms. The fourth-order valence-corrected chi connectivity index (χ4v) is 4.22. The maximum atomic E-state index is 13.1. The standard InChI is InChI=1S/C20H29BrN4O/c1-4-6-18(24-11-9-14(3)22-10-12-24)19-23-17-8-7-15(21)13-16(17)20(26)25(19)5-2/h7-8,13-14,18,22H,4-6,9-12H2,1-3H3/t14-,18+/m0/s1. The highest BCUT2D eigenvalue weighted by Gasteiger charge is 2.26. The van der Waals surface area contributed by atoms with Gasteiger partial charge in [-0.1, -0.05) is 29.3 Å². The van der Waals surface area contributed by atoms with Crippen LogP contribution in [0.25, 0.3) is 10.9 Å². The molecule has 142 valence electrons. The van der Waals surface area contributed by atoms with E-state index in [-0.39, 0.29) is 11.6 Å². The van der Waals surface area contributed by atoms with Gasteiger partial charge in [-0.2, -0.15) is 0 Å². The lowest BCUT2D eigenvalue weighted by atomic mass is 10.1. The Kier molecular flexibility index (Phi) is 6.48. The van der Waals surface area contributed by atoms with Crippen LogP contribution in [0, 0.1) is 0 Å². The highest BCUT2D eigenvalue weighted by atomic mass is 79.9. The Morgan fingerprint density at radius 3 is 2.88 bits per heavy atom. The third kappa shape index (κ3) is 4.02. The van der Waals surface area contributed by atoms with E-state index in [0.717, 1.165) is 54.7 Å². The lowest BCUT2D eigenvalue weighted by Crippen LogP contribution is -2.37. The third-order valence-electron chi connectivity index (χ3n) is 5.30. The molecule has 26 heavy (non-hydrogen) atoms. The van der Waals surface area contributed by atoms with Crippen LogP contribution in [0.1, 0.15) is 51.9 Å². The number of hydrogen-bond donors (Lipinski definition) is 1. The molecule has 2 heterocycles. The first-order valence-electron chi connectivity index (χ1n) is 9.72. The lowest BCUT2D eigenvalue weighted by Gasteiger charge is -2.31. The van der Waals surface area contributed by atoms with Crippen LogP contribution >= 0.6 is 15.9 Å². The van der Waals surface area contributed by atoms with Crippen molar-refractivity contribution in [3.8, 4) is 0 Å². The van der Waals surface area contributed by atoms with Crippen LogP contribution in [0.4, 0.5) is 0 Å². The van der Waals surface area contributed by atoms with Crippen LogP contribution in [0.2, 0.25) is 0 Å². The minimum atomic E-state index is 0.0659. The van der Waals surface area contributed by atoms with Gasteiger partial charge in [-0.15, -0.1) is 0 Å². The highest BCUT2D eigenvalue weighted by Crippen LogP contribution is 2.27. The molecule has 0 radical (unpaired) electrons. The van der Waals surface area contributed by atoms with E-state index in [2.05, 4.69) is 40.0 Å². The molecule has 0 aliphatic carbocycles. The lowest BCUT2D eigenvalue weighted by molar-refractivity contribution is 0.184. The predicted octanol–water partition coefficient (Wildman–Crippen LogP) is 3.70. The number of hydrogen-bond acceptors (Lipinski definition) is 4. The first-order chi connectivity index (χ1) is 12.5. The Hall–Kier alpha value is -1.24. The molecule has 2 aromatic rings. The molecule has 3 rings (SSSR count). The summed E-state index contributed by atoms with van der Waals surface area (Å²) in [4.78, 5) is 20.6. The molecule has 1 saturated heterocycles. The highest BCUT2D eigenvalue weighted by molar-refractivity contribution is 9.10. The molecule has 2 atom stereocenters. The van der Waals surface area contributed by atoms with E-state index in [1.807, 2.05) is 29.7 Å². The van der Waals surface area contributed by atoms with Crippen molar-refractivity contribution >= 4 is 26.8 Å². The summed E-state index contributed by atoms with van der Waals surface area (Å²) < 4.78 is 2.79. The Labute approximate surface area is 163 Å². The molecule has 0 saturated carbocycles. The zero-order valence-electron chi connectivity index (χ0n) is 16.0. The Balaban J connectivity index is 2.09. The molecule has 0 bridgehead atoms. The van der Waals surface area contributed by atoms with Crippen molar-refractivity contribution in [2.75, 3.05) is 19.6 Å². The van der Waals surface area contributed by atoms with Gasteiger partial charge in [0.05, 0.1) is 16.9 Å². The van der Waals surface area contributed by atoms with E-state index >= 15 is 0 Å². The summed E-state index contributed by atoms with van der Waals surface area (Å²) in [5.41, 5.74) is 0.858. The maximum Gasteiger partial charge on any atom is 0.261 e. The van der Waals surface area contributed by atoms with Crippen LogP contribution in [0.15, 0.2) is 27.5 Å². The quantitative estimate of drug-likeness (QED) is 0.800. The van der Waals surface area contributed by atoms with Gasteiger partial charge in [-0.05, 0) is 44.9 Å². The molecule has 0 unspecified atom stereocenters. The number of nitrogens with one attached hydrogen (secondary N) is 1. The number of aromatic nitrogens is 2. The zero-order valence-corrected chi connectivity index (χ0v) is 17.6. The predicted molar refractivity (Wildman–Crippen MR) is 111 cm³/mol. The zero-order chi connectivity index (χ0) is 18.7. The SMILES string of the molecule is CCC[C@H](c1nc2ccc(Br)cc2c(=O)n1CC)N1CCN[C@@H](C)CC1. The van der Waals surface area contributed by atoms with E-state index in [4.69, 9.17) is 4.98 Å². The first-order valence-corrected chi connectivity index (χ1v) is 10.5. The van der Waals surface area contributed by atoms with Crippen molar-refractivity contribution in [1.29, 1.82) is 0 Å². The van der Waals surface area contributed by atoms with E-state index in [1.54, 1.807) is 0 Å². The molecule has 6 heteroatoms. The first kappa shape index (κ1) is 19.5. The van der Waals surface area contributed by atoms with Crippen LogP contribution < -0.4 is 10.9 Å². The van der Waals surface area contributed by atoms with Crippen molar-refractivity contribution in [2.45, 2.75) is 58.7 Å². The van der Waals surface area contributed by atoms with E-state index in [0.29, 0.717) is 18.0 Å². The molecule has 1 fully saturated rings. The van der Waals surface area contributed by atoms with Gasteiger partial charge in [0, 0.05) is 36.7 Å². The Morgan fingerprint density at radius 1 is 1.35 bits per heavy atom. The summed E-state index contributed by atoms with van der Waals surface area (Å²) in [6.07, 6.45) is 3.21. The molecule has 1 aliphatic rings. The fraction of sp³-hybridized carbons (Fsp3) is 0.600. The Morgan fingerprint density at radius 2 is 2.15 bits per heavy atom. The van der Waals surface area contributed by atoms with E-state index in [9.17, 15) is 4.79 Å². The van der Waals surface area contributed by atoms with Crippen LogP contribution in [0.5, 0.6) is 0 Å². The van der Waals surface area contributed by atoms with E-state index in [1.165, 1.54) is 0 Å². The van der Waals surface area contributed by atoms with Gasteiger partial charge in [0.15, 0.2) is 0 Å². The molecule has 1 N–H and O–H groups in total. The van der Waals surface area contributed by atoms with Gasteiger partial charge < -0.3 is 5.32 Å². The third-order valence-corrected chi connectivity index (χ3v) is 5.80. The largest absolute Gasteiger partial charge is 0.313 e. The van der Waals surface area contributed by atoms with Gasteiger partial charge in [-0.25, -0.2) is 4.98 Å². The maximum absolute atomic E-state index is 13.1. The fourth-order valence-electron chi connectivity index (χ4n) is 3.86. The number of halogens is 1. The molecular weight excluding hydrogens is 392 g/mol. The second kappa shape index (κ2) is 8.63. The molecule has 1 aromatic carbocycles. The summed E-state index contributed by atoms with van der Waals surface area (Å²) in [6.45, 7) is 10.1. The van der Waals surface area contributed by atoms with Gasteiger partial charge in [-0.3, -0.25) is 14.3 Å². The molecule has 1 aliphatic heterocycles. The van der Waals surface area contributed by atoms with Gasteiger partial charge in [0.2, 0.25) is 0 Å². The van der Waals surface area contributed by atoms with Gasteiger partial charge in [0.25, 0.3) is 5.56 Å². The number of benzene rings is 1. The molecular formula is C20H29BrN4O. The van der Waals surface area contributed by atoms with Crippen LogP contribution in [0.3, 0.4) is 0 Å². The topological polar surface area (TPSA) is 50.2 Å². The van der Waals surface area contributed by atoms with Crippen LogP contribution in [-0.2, 0) is 6.54 Å². The van der Waals surface area contributed by atoms with Crippen molar-refractivity contribution in [3.05, 3.63) is 38.9 Å². The summed E-state index contributed by atoms with van der Waals surface area (Å²) in [7, 11) is 0. The summed E-state index contributed by atoms with van der Waals surface area (Å²) >= 11 is 3.47. The summed E-state index contributed by atoms with van der Waals surface area (Å²) in [5, 5.41) is 4.25. The Bertz CT molecular complexity index is 819. The monoisotopic (exact) mass is 420 g/mol. The average Bonchev–Trinajstić information content (AvgIpc) is 2.85. The smallest absolute Gasteiger partial charge is 0.261 e. The summed E-state index contributed by atoms with van der Waals surface area (Å²) in [5.74, 6) is 0.920. The minimum absolute atomic E-state index is 0.0659. The summed E-state index contributed by atoms with van der Waals surface area (Å²) in [6, 6.07) is 6.51. The normalized spacial score (nSPS) is 20.2. The van der Waals surface area contributed by atoms with Gasteiger partial charge >= 0.3 is 0 Å². The van der Waals surface area contributed by atoms with Gasteiger partial charge in [0.1, 0.15) is 5.82 Å². The van der Waals surface area contributed by atoms with Crippen molar-refractivity contribution in [1.82, 2.24) is 19.8 Å². The molecule has 5 nitrogen and oxygen atoms in total. The van der Waals surface area contributed by atoms with Crippen molar-refractivity contribution in [2.24, 2.45) is 0 Å². The number of fused-ring (bicyclic) bond motifs is 1. The molecule has 1 aromatic heterocycles. The number of nitrogens with zero attached hydrogens (tertiary/aromatic N) is 3. The van der Waals surface area contributed by atoms with Crippen molar-refractivity contribution < 1.29 is 0 Å². The minimum Gasteiger partial charge on any atom is -0.313 e.